The highest BCUT2D eigenvalue weighted by molar-refractivity contribution is 5.87. The lowest BCUT2D eigenvalue weighted by Gasteiger charge is -2.15. The molecule has 0 saturated heterocycles. The highest BCUT2D eigenvalue weighted by atomic mass is 16.5. The first-order valence-corrected chi connectivity index (χ1v) is 20.1. The quantitative estimate of drug-likeness (QED) is 0.0291. The maximum absolute atomic E-state index is 12.6. The third-order valence-electron chi connectivity index (χ3n) is 9.00. The Morgan fingerprint density at radius 3 is 1.57 bits per heavy atom. The largest absolute Gasteiger partial charge is 0.480 e. The maximum Gasteiger partial charge on any atom is 0.328 e. The minimum atomic E-state index is -1.39. The average molecular weight is 695 g/mol. The van der Waals surface area contributed by atoms with E-state index < -0.39 is 24.5 Å². The molecule has 0 aromatic rings. The molecule has 0 radical (unpaired) electrons. The van der Waals surface area contributed by atoms with Gasteiger partial charge in [0, 0.05) is 12.8 Å². The summed E-state index contributed by atoms with van der Waals surface area (Å²) in [6.07, 6.45) is 35.8. The predicted octanol–water partition coefficient (Wildman–Crippen LogP) is 9.09. The predicted molar refractivity (Wildman–Crippen MR) is 199 cm³/mol. The van der Waals surface area contributed by atoms with Crippen LogP contribution >= 0.6 is 0 Å². The van der Waals surface area contributed by atoms with Gasteiger partial charge in [0.2, 0.25) is 11.8 Å². The monoisotopic (exact) mass is 695 g/mol. The van der Waals surface area contributed by atoms with E-state index in [0.717, 1.165) is 57.8 Å². The van der Waals surface area contributed by atoms with Crippen molar-refractivity contribution in [1.82, 2.24) is 10.6 Å². The van der Waals surface area contributed by atoms with Crippen LogP contribution in [0, 0.1) is 0 Å². The lowest BCUT2D eigenvalue weighted by atomic mass is 10.0. The van der Waals surface area contributed by atoms with Crippen LogP contribution in [0.15, 0.2) is 12.2 Å². The van der Waals surface area contributed by atoms with Gasteiger partial charge >= 0.3 is 11.9 Å². The summed E-state index contributed by atoms with van der Waals surface area (Å²) in [7, 11) is 0. The third-order valence-corrected chi connectivity index (χ3v) is 9.00. The summed E-state index contributed by atoms with van der Waals surface area (Å²) < 4.78 is 5.83. The van der Waals surface area contributed by atoms with E-state index in [-0.39, 0.29) is 30.9 Å². The normalized spacial score (nSPS) is 12.6. The van der Waals surface area contributed by atoms with Crippen molar-refractivity contribution in [2.45, 2.75) is 206 Å². The Hall–Kier alpha value is -2.42. The van der Waals surface area contributed by atoms with Crippen LogP contribution in [0.1, 0.15) is 194 Å². The number of carbonyl (C=O) groups excluding carboxylic acids is 3. The number of carboxylic acids is 1. The molecule has 0 aliphatic heterocycles. The fourth-order valence-corrected chi connectivity index (χ4v) is 5.85. The molecule has 0 aliphatic rings. The molecule has 286 valence electrons. The van der Waals surface area contributed by atoms with Gasteiger partial charge in [-0.15, -0.1) is 0 Å². The van der Waals surface area contributed by atoms with Crippen molar-refractivity contribution in [3.8, 4) is 0 Å². The van der Waals surface area contributed by atoms with Crippen LogP contribution in [0.2, 0.25) is 0 Å². The number of nitrogens with one attached hydrogen (secondary N) is 2. The maximum atomic E-state index is 12.6. The average Bonchev–Trinajstić information content (AvgIpc) is 3.08. The van der Waals surface area contributed by atoms with E-state index in [0.29, 0.717) is 12.8 Å². The molecule has 0 spiro atoms. The standard InChI is InChI=1S/C40H74N2O7/c1-3-5-7-9-10-11-12-13-14-15-16-17-18-19-20-21-22-28-32-39(46)49-35(29-25-8-6-4-2)30-26-23-24-27-31-37(44)41-33-38(45)42-36(34-43)40(47)48/h25,29,35-36,43H,3-24,26-28,30-34H2,1-2H3,(H,41,44)(H,42,45)(H,47,48)/b29-25-. The van der Waals surface area contributed by atoms with Gasteiger partial charge < -0.3 is 25.6 Å². The number of aliphatic hydroxyl groups is 1. The Bertz CT molecular complexity index is 848. The topological polar surface area (TPSA) is 142 Å². The van der Waals surface area contributed by atoms with Gasteiger partial charge in [-0.05, 0) is 38.2 Å². The second-order valence-electron chi connectivity index (χ2n) is 13.7. The zero-order valence-corrected chi connectivity index (χ0v) is 31.5. The van der Waals surface area contributed by atoms with Crippen molar-refractivity contribution in [3.05, 3.63) is 12.2 Å². The molecule has 0 aromatic carbocycles. The molecule has 2 unspecified atom stereocenters. The number of hydrogen-bond donors (Lipinski definition) is 4. The van der Waals surface area contributed by atoms with Gasteiger partial charge in [-0.1, -0.05) is 155 Å². The molecule has 0 heterocycles. The van der Waals surface area contributed by atoms with Crippen molar-refractivity contribution in [2.24, 2.45) is 0 Å². The molecular weight excluding hydrogens is 620 g/mol. The van der Waals surface area contributed by atoms with Crippen LogP contribution in [0.25, 0.3) is 0 Å². The van der Waals surface area contributed by atoms with Gasteiger partial charge in [-0.2, -0.15) is 0 Å². The van der Waals surface area contributed by atoms with Gasteiger partial charge in [-0.25, -0.2) is 4.79 Å². The number of aliphatic hydroxyl groups excluding tert-OH is 1. The van der Waals surface area contributed by atoms with E-state index in [2.05, 4.69) is 30.6 Å². The van der Waals surface area contributed by atoms with Crippen LogP contribution in [-0.2, 0) is 23.9 Å². The molecule has 2 amide bonds. The number of rotatable bonds is 36. The number of ether oxygens (including phenoxy) is 1. The summed E-state index contributed by atoms with van der Waals surface area (Å²) in [5.41, 5.74) is 0. The van der Waals surface area contributed by atoms with E-state index in [1.54, 1.807) is 0 Å². The van der Waals surface area contributed by atoms with Crippen molar-refractivity contribution in [3.63, 3.8) is 0 Å². The molecule has 0 rings (SSSR count). The number of hydrogen-bond acceptors (Lipinski definition) is 6. The fraction of sp³-hybridized carbons (Fsp3) is 0.850. The van der Waals surface area contributed by atoms with Gasteiger partial charge in [0.05, 0.1) is 13.2 Å². The zero-order chi connectivity index (χ0) is 36.2. The Morgan fingerprint density at radius 1 is 0.612 bits per heavy atom. The highest BCUT2D eigenvalue weighted by Crippen LogP contribution is 2.16. The van der Waals surface area contributed by atoms with Gasteiger partial charge in [0.15, 0.2) is 0 Å². The summed E-state index contributed by atoms with van der Waals surface area (Å²) in [4.78, 5) is 47.2. The summed E-state index contributed by atoms with van der Waals surface area (Å²) in [5.74, 6) is -2.40. The SMILES string of the molecule is CCCC/C=C\C(CCCCCCC(=O)NCC(=O)NC(CO)C(=O)O)OC(=O)CCCCCCCCCCCCCCCCCCCC. The van der Waals surface area contributed by atoms with Crippen molar-refractivity contribution in [1.29, 1.82) is 0 Å². The zero-order valence-electron chi connectivity index (χ0n) is 31.5. The Morgan fingerprint density at radius 2 is 1.08 bits per heavy atom. The second kappa shape index (κ2) is 35.4. The molecule has 0 aliphatic carbocycles. The number of amides is 2. The number of allylic oxidation sites excluding steroid dienone is 1. The Labute approximate surface area is 299 Å². The molecule has 4 N–H and O–H groups in total. The molecule has 0 fully saturated rings. The molecule has 0 bridgehead atoms. The van der Waals surface area contributed by atoms with Crippen LogP contribution < -0.4 is 10.6 Å². The van der Waals surface area contributed by atoms with Gasteiger partial charge in [0.25, 0.3) is 0 Å². The minimum absolute atomic E-state index is 0.115. The van der Waals surface area contributed by atoms with E-state index in [1.165, 1.54) is 103 Å². The Balaban J connectivity index is 3.95. The lowest BCUT2D eigenvalue weighted by molar-refractivity contribution is -0.147. The van der Waals surface area contributed by atoms with Crippen LogP contribution in [0.3, 0.4) is 0 Å². The summed E-state index contributed by atoms with van der Waals surface area (Å²) in [5, 5.41) is 22.4. The fourth-order valence-electron chi connectivity index (χ4n) is 5.85. The van der Waals surface area contributed by atoms with E-state index >= 15 is 0 Å². The lowest BCUT2D eigenvalue weighted by Crippen LogP contribution is -2.47. The second-order valence-corrected chi connectivity index (χ2v) is 13.7. The molecule has 9 nitrogen and oxygen atoms in total. The summed E-state index contributed by atoms with van der Waals surface area (Å²) in [6.45, 7) is 3.38. The van der Waals surface area contributed by atoms with Crippen LogP contribution in [0.5, 0.6) is 0 Å². The first kappa shape index (κ1) is 46.6. The molecule has 0 aromatic heterocycles. The molecule has 9 heteroatoms. The molecule has 2 atom stereocenters. The molecular formula is C40H74N2O7. The van der Waals surface area contributed by atoms with E-state index in [4.69, 9.17) is 14.9 Å². The van der Waals surface area contributed by atoms with Gasteiger partial charge in [0.1, 0.15) is 12.1 Å². The van der Waals surface area contributed by atoms with Gasteiger partial charge in [-0.3, -0.25) is 14.4 Å². The van der Waals surface area contributed by atoms with Crippen molar-refractivity contribution in [2.75, 3.05) is 13.2 Å². The summed E-state index contributed by atoms with van der Waals surface area (Å²) >= 11 is 0. The summed E-state index contributed by atoms with van der Waals surface area (Å²) in [6, 6.07) is -1.39. The third kappa shape index (κ3) is 32.5. The first-order chi connectivity index (χ1) is 23.8. The number of carboxylic acid groups (broad SMARTS) is 1. The first-order valence-electron chi connectivity index (χ1n) is 20.1. The number of carbonyl (C=O) groups is 4. The minimum Gasteiger partial charge on any atom is -0.480 e. The number of unbranched alkanes of at least 4 members (excludes halogenated alkanes) is 22. The van der Waals surface area contributed by atoms with Crippen molar-refractivity contribution < 1.29 is 34.1 Å². The van der Waals surface area contributed by atoms with Crippen molar-refractivity contribution >= 4 is 23.8 Å². The van der Waals surface area contributed by atoms with Crippen LogP contribution in [0.4, 0.5) is 0 Å². The molecule has 0 saturated carbocycles. The van der Waals surface area contributed by atoms with E-state index in [9.17, 15) is 19.2 Å². The van der Waals surface area contributed by atoms with Crippen LogP contribution in [-0.4, -0.2) is 59.3 Å². The number of aliphatic carboxylic acids is 1. The number of esters is 1. The molecule has 49 heavy (non-hydrogen) atoms. The smallest absolute Gasteiger partial charge is 0.328 e. The Kier molecular flexibility index (Phi) is 33.7. The van der Waals surface area contributed by atoms with E-state index in [1.807, 2.05) is 6.08 Å². The highest BCUT2D eigenvalue weighted by Gasteiger charge is 2.18.